The van der Waals surface area contributed by atoms with Gasteiger partial charge in [0.1, 0.15) is 11.5 Å². The number of benzene rings is 2. The molecule has 0 spiro atoms. The molecule has 0 unspecified atom stereocenters. The molecular formula is C20H20Br2N4O4. The Kier molecular flexibility index (Phi) is 9.49. The van der Waals surface area contributed by atoms with Crippen molar-refractivity contribution in [2.24, 2.45) is 10.2 Å². The normalized spacial score (nSPS) is 10.9. The largest absolute Gasteiger partial charge is 0.493 e. The Morgan fingerprint density at radius 3 is 1.60 bits per heavy atom. The third kappa shape index (κ3) is 7.27. The van der Waals surface area contributed by atoms with Gasteiger partial charge in [-0.05, 0) is 50.2 Å². The molecule has 2 N–H and O–H groups in total. The van der Waals surface area contributed by atoms with Crippen LogP contribution in [0.2, 0.25) is 0 Å². The molecule has 2 aromatic carbocycles. The fourth-order valence-corrected chi connectivity index (χ4v) is 2.99. The number of carbonyl (C=O) groups excluding carboxylic acids is 2. The molecule has 2 rings (SSSR count). The molecule has 0 aliphatic rings. The van der Waals surface area contributed by atoms with E-state index in [1.54, 1.807) is 24.3 Å². The van der Waals surface area contributed by atoms with Gasteiger partial charge in [0.05, 0.1) is 25.6 Å². The second-order valence-electron chi connectivity index (χ2n) is 5.63. The van der Waals surface area contributed by atoms with Gasteiger partial charge in [0.2, 0.25) is 0 Å². The van der Waals surface area contributed by atoms with Gasteiger partial charge < -0.3 is 9.47 Å². The van der Waals surface area contributed by atoms with Crippen molar-refractivity contribution in [1.29, 1.82) is 0 Å². The van der Waals surface area contributed by atoms with Crippen LogP contribution >= 0.6 is 31.9 Å². The highest BCUT2D eigenvalue weighted by molar-refractivity contribution is 9.10. The number of hydrazone groups is 2. The predicted octanol–water partition coefficient (Wildman–Crippen LogP) is 3.61. The van der Waals surface area contributed by atoms with Crippen LogP contribution in [0.25, 0.3) is 0 Å². The van der Waals surface area contributed by atoms with E-state index in [2.05, 4.69) is 52.9 Å². The van der Waals surface area contributed by atoms with Crippen LogP contribution in [0.15, 0.2) is 55.5 Å². The van der Waals surface area contributed by atoms with Crippen LogP contribution < -0.4 is 20.3 Å². The van der Waals surface area contributed by atoms with Crippen LogP contribution in [-0.4, -0.2) is 37.5 Å². The SMILES string of the molecule is CCOc1ccc(Br)cc1C=NNC(=O)C(=O)NN=Cc1cc(Br)ccc1OCC. The minimum absolute atomic E-state index is 0.484. The Bertz CT molecular complexity index is 886. The molecule has 0 aliphatic heterocycles. The van der Waals surface area contributed by atoms with E-state index in [-0.39, 0.29) is 0 Å². The number of rotatable bonds is 8. The van der Waals surface area contributed by atoms with Gasteiger partial charge in [-0.15, -0.1) is 0 Å². The molecule has 30 heavy (non-hydrogen) atoms. The van der Waals surface area contributed by atoms with Crippen molar-refractivity contribution in [1.82, 2.24) is 10.9 Å². The molecule has 2 amide bonds. The number of halogens is 2. The van der Waals surface area contributed by atoms with Crippen LogP contribution in [0.3, 0.4) is 0 Å². The first-order valence-corrected chi connectivity index (χ1v) is 10.5. The molecule has 10 heteroatoms. The van der Waals surface area contributed by atoms with E-state index in [1.807, 2.05) is 26.0 Å². The molecular weight excluding hydrogens is 520 g/mol. The van der Waals surface area contributed by atoms with Crippen molar-refractivity contribution in [2.45, 2.75) is 13.8 Å². The smallest absolute Gasteiger partial charge is 0.331 e. The van der Waals surface area contributed by atoms with E-state index in [9.17, 15) is 9.59 Å². The van der Waals surface area contributed by atoms with Crippen molar-refractivity contribution in [3.05, 3.63) is 56.5 Å². The van der Waals surface area contributed by atoms with E-state index < -0.39 is 11.8 Å². The van der Waals surface area contributed by atoms with Crippen molar-refractivity contribution in [3.63, 3.8) is 0 Å². The van der Waals surface area contributed by atoms with Gasteiger partial charge in [-0.3, -0.25) is 9.59 Å². The lowest BCUT2D eigenvalue weighted by Crippen LogP contribution is -2.35. The Labute approximate surface area is 191 Å². The summed E-state index contributed by atoms with van der Waals surface area (Å²) < 4.78 is 12.6. The molecule has 158 valence electrons. The summed E-state index contributed by atoms with van der Waals surface area (Å²) in [6, 6.07) is 10.8. The van der Waals surface area contributed by atoms with Crippen LogP contribution in [-0.2, 0) is 9.59 Å². The van der Waals surface area contributed by atoms with E-state index in [1.165, 1.54) is 12.4 Å². The zero-order chi connectivity index (χ0) is 21.9. The first-order valence-electron chi connectivity index (χ1n) is 8.95. The number of hydrogen-bond acceptors (Lipinski definition) is 6. The Morgan fingerprint density at radius 2 is 1.23 bits per heavy atom. The molecule has 0 atom stereocenters. The number of hydrogen-bond donors (Lipinski definition) is 2. The second-order valence-corrected chi connectivity index (χ2v) is 7.46. The molecule has 0 heterocycles. The summed E-state index contributed by atoms with van der Waals surface area (Å²) in [7, 11) is 0. The Balaban J connectivity index is 1.95. The quantitative estimate of drug-likeness (QED) is 0.304. The monoisotopic (exact) mass is 538 g/mol. The lowest BCUT2D eigenvalue weighted by Gasteiger charge is -2.07. The van der Waals surface area contributed by atoms with E-state index in [4.69, 9.17) is 9.47 Å². The molecule has 2 aromatic rings. The summed E-state index contributed by atoms with van der Waals surface area (Å²) in [6.45, 7) is 4.69. The molecule has 0 aliphatic carbocycles. The van der Waals surface area contributed by atoms with E-state index in [0.717, 1.165) is 8.95 Å². The Morgan fingerprint density at radius 1 is 0.833 bits per heavy atom. The van der Waals surface area contributed by atoms with Gasteiger partial charge in [-0.1, -0.05) is 31.9 Å². The van der Waals surface area contributed by atoms with Gasteiger partial charge in [-0.25, -0.2) is 10.9 Å². The Hall–Kier alpha value is -2.72. The number of amides is 2. The van der Waals surface area contributed by atoms with Gasteiger partial charge >= 0.3 is 11.8 Å². The van der Waals surface area contributed by atoms with Gasteiger partial charge in [0.15, 0.2) is 0 Å². The summed E-state index contributed by atoms with van der Waals surface area (Å²) in [5.41, 5.74) is 5.58. The zero-order valence-electron chi connectivity index (χ0n) is 16.3. The van der Waals surface area contributed by atoms with Crippen LogP contribution in [0.4, 0.5) is 0 Å². The minimum Gasteiger partial charge on any atom is -0.493 e. The van der Waals surface area contributed by atoms with Gasteiger partial charge in [-0.2, -0.15) is 10.2 Å². The van der Waals surface area contributed by atoms with Gasteiger partial charge in [0, 0.05) is 20.1 Å². The summed E-state index contributed by atoms with van der Waals surface area (Å²) >= 11 is 6.72. The standard InChI is InChI=1S/C20H20Br2N4O4/c1-3-29-17-7-5-15(21)9-13(17)11-23-25-19(27)20(28)26-24-12-14-10-16(22)6-8-18(14)30-4-2/h5-12H,3-4H2,1-2H3,(H,25,27)(H,26,28). The molecule has 0 bridgehead atoms. The van der Waals surface area contributed by atoms with Gasteiger partial charge in [0.25, 0.3) is 0 Å². The van der Waals surface area contributed by atoms with E-state index >= 15 is 0 Å². The topological polar surface area (TPSA) is 101 Å². The van der Waals surface area contributed by atoms with Crippen LogP contribution in [0.5, 0.6) is 11.5 Å². The van der Waals surface area contributed by atoms with Crippen molar-refractivity contribution in [3.8, 4) is 11.5 Å². The third-order valence-electron chi connectivity index (χ3n) is 3.49. The molecule has 0 aromatic heterocycles. The zero-order valence-corrected chi connectivity index (χ0v) is 19.5. The maximum Gasteiger partial charge on any atom is 0.331 e. The lowest BCUT2D eigenvalue weighted by atomic mass is 10.2. The second kappa shape index (κ2) is 12.1. The predicted molar refractivity (Wildman–Crippen MR) is 122 cm³/mol. The summed E-state index contributed by atoms with van der Waals surface area (Å²) in [4.78, 5) is 23.8. The third-order valence-corrected chi connectivity index (χ3v) is 4.48. The number of carbonyl (C=O) groups is 2. The fourth-order valence-electron chi connectivity index (χ4n) is 2.24. The molecule has 0 saturated carbocycles. The summed E-state index contributed by atoms with van der Waals surface area (Å²) in [6.07, 6.45) is 2.78. The molecule has 0 radical (unpaired) electrons. The summed E-state index contributed by atoms with van der Waals surface area (Å²) in [5.74, 6) is -0.718. The van der Waals surface area contributed by atoms with Crippen molar-refractivity contribution < 1.29 is 19.1 Å². The highest BCUT2D eigenvalue weighted by Gasteiger charge is 2.12. The number of nitrogens with one attached hydrogen (secondary N) is 2. The first kappa shape index (κ1) is 23.6. The molecule has 8 nitrogen and oxygen atoms in total. The fraction of sp³-hybridized carbons (Fsp3) is 0.200. The molecule has 0 saturated heterocycles. The highest BCUT2D eigenvalue weighted by atomic mass is 79.9. The van der Waals surface area contributed by atoms with Crippen LogP contribution in [0, 0.1) is 0 Å². The summed E-state index contributed by atoms with van der Waals surface area (Å²) in [5, 5.41) is 7.60. The molecule has 0 fully saturated rings. The van der Waals surface area contributed by atoms with Crippen LogP contribution in [0.1, 0.15) is 25.0 Å². The highest BCUT2D eigenvalue weighted by Crippen LogP contribution is 2.22. The van der Waals surface area contributed by atoms with Crippen molar-refractivity contribution >= 4 is 56.1 Å². The maximum atomic E-state index is 11.9. The average Bonchev–Trinajstić information content (AvgIpc) is 2.72. The van der Waals surface area contributed by atoms with E-state index in [0.29, 0.717) is 35.8 Å². The minimum atomic E-state index is -0.962. The number of ether oxygens (including phenoxy) is 2. The lowest BCUT2D eigenvalue weighted by molar-refractivity contribution is -0.139. The maximum absolute atomic E-state index is 11.9. The average molecular weight is 540 g/mol. The van der Waals surface area contributed by atoms with Crippen molar-refractivity contribution in [2.75, 3.05) is 13.2 Å². The first-order chi connectivity index (χ1) is 14.4. The number of nitrogens with zero attached hydrogens (tertiary/aromatic N) is 2.